The van der Waals surface area contributed by atoms with Crippen LogP contribution in [-0.2, 0) is 0 Å². The van der Waals surface area contributed by atoms with Crippen molar-refractivity contribution in [3.63, 3.8) is 0 Å². The van der Waals surface area contributed by atoms with Crippen molar-refractivity contribution in [3.8, 4) is 0 Å². The fourth-order valence-electron chi connectivity index (χ4n) is 2.58. The fourth-order valence-corrected chi connectivity index (χ4v) is 2.58. The van der Waals surface area contributed by atoms with Crippen LogP contribution in [0.5, 0.6) is 0 Å². The summed E-state index contributed by atoms with van der Waals surface area (Å²) in [4.78, 5) is 0. The second-order valence-corrected chi connectivity index (χ2v) is 7.72. The lowest BCUT2D eigenvalue weighted by Gasteiger charge is -2.22. The number of hydrogen-bond acceptors (Lipinski definition) is 0. The molecule has 0 aliphatic heterocycles. The maximum absolute atomic E-state index is 3.34. The van der Waals surface area contributed by atoms with E-state index in [2.05, 4.69) is 65.8 Å². The van der Waals surface area contributed by atoms with E-state index >= 15 is 0 Å². The third-order valence-corrected chi connectivity index (χ3v) is 4.04. The van der Waals surface area contributed by atoms with Crippen LogP contribution in [0.25, 0.3) is 0 Å². The van der Waals surface area contributed by atoms with Crippen molar-refractivity contribution in [3.05, 3.63) is 24.3 Å². The van der Waals surface area contributed by atoms with E-state index in [1.54, 1.807) is 0 Å². The van der Waals surface area contributed by atoms with E-state index in [4.69, 9.17) is 0 Å². The predicted octanol–water partition coefficient (Wildman–Crippen LogP) is 7.11. The summed E-state index contributed by atoms with van der Waals surface area (Å²) in [5.74, 6) is 0. The SMILES string of the molecule is CCCCCC(C)(C)C/C=[C]/C=CCC(C)(C)CCC. The lowest BCUT2D eigenvalue weighted by Crippen LogP contribution is -2.09. The van der Waals surface area contributed by atoms with E-state index in [1.165, 1.54) is 38.5 Å². The Morgan fingerprint density at radius 2 is 1.45 bits per heavy atom. The summed E-state index contributed by atoms with van der Waals surface area (Å²) in [6.45, 7) is 14.0. The Morgan fingerprint density at radius 3 is 2.05 bits per heavy atom. The van der Waals surface area contributed by atoms with Gasteiger partial charge in [0.15, 0.2) is 0 Å². The topological polar surface area (TPSA) is 0 Å². The molecule has 0 amide bonds. The lowest BCUT2D eigenvalue weighted by atomic mass is 9.83. The van der Waals surface area contributed by atoms with Gasteiger partial charge in [-0.25, -0.2) is 0 Å². The Kier molecular flexibility index (Phi) is 9.98. The van der Waals surface area contributed by atoms with Crippen molar-refractivity contribution in [2.45, 2.75) is 92.9 Å². The van der Waals surface area contributed by atoms with E-state index in [0.29, 0.717) is 10.8 Å². The van der Waals surface area contributed by atoms with Crippen molar-refractivity contribution in [1.82, 2.24) is 0 Å². The molecule has 0 spiro atoms. The molecule has 20 heavy (non-hydrogen) atoms. The van der Waals surface area contributed by atoms with Gasteiger partial charge in [-0.05, 0) is 42.6 Å². The molecular formula is C20H37. The van der Waals surface area contributed by atoms with Crippen LogP contribution in [0.1, 0.15) is 92.9 Å². The Balaban J connectivity index is 3.95. The molecule has 0 aliphatic rings. The molecule has 0 aliphatic carbocycles. The number of allylic oxidation sites excluding steroid dienone is 4. The molecule has 0 saturated heterocycles. The largest absolute Gasteiger partial charge is 0.0834 e. The van der Waals surface area contributed by atoms with Crippen molar-refractivity contribution >= 4 is 0 Å². The van der Waals surface area contributed by atoms with Crippen molar-refractivity contribution in [2.75, 3.05) is 0 Å². The Morgan fingerprint density at radius 1 is 0.800 bits per heavy atom. The van der Waals surface area contributed by atoms with Crippen LogP contribution in [0, 0.1) is 16.9 Å². The zero-order valence-corrected chi connectivity index (χ0v) is 14.9. The van der Waals surface area contributed by atoms with Crippen LogP contribution in [0.2, 0.25) is 0 Å². The van der Waals surface area contributed by atoms with Crippen molar-refractivity contribution < 1.29 is 0 Å². The summed E-state index contributed by atoms with van der Waals surface area (Å²) in [5, 5.41) is 0. The minimum atomic E-state index is 0.428. The Labute approximate surface area is 128 Å². The first kappa shape index (κ1) is 19.5. The number of hydrogen-bond donors (Lipinski definition) is 0. The molecule has 0 heterocycles. The predicted molar refractivity (Wildman–Crippen MR) is 92.8 cm³/mol. The maximum atomic E-state index is 3.34. The van der Waals surface area contributed by atoms with Crippen LogP contribution in [-0.4, -0.2) is 0 Å². The Hall–Kier alpha value is -0.520. The van der Waals surface area contributed by atoms with Gasteiger partial charge in [-0.15, -0.1) is 0 Å². The van der Waals surface area contributed by atoms with Crippen LogP contribution in [0.3, 0.4) is 0 Å². The quantitative estimate of drug-likeness (QED) is 0.279. The summed E-state index contributed by atoms with van der Waals surface area (Å²) < 4.78 is 0. The number of unbranched alkanes of at least 4 members (excludes halogenated alkanes) is 2. The second kappa shape index (κ2) is 10.2. The normalized spacial score (nSPS) is 13.7. The summed E-state index contributed by atoms with van der Waals surface area (Å²) in [6, 6.07) is 0. The first-order chi connectivity index (χ1) is 9.33. The molecule has 0 bridgehead atoms. The van der Waals surface area contributed by atoms with Gasteiger partial charge < -0.3 is 0 Å². The lowest BCUT2D eigenvalue weighted by molar-refractivity contribution is 0.324. The standard InChI is InChI=1S/C20H37/c1-7-9-12-16-20(5,6)18-14-11-10-13-17-19(3,4)15-8-2/h10,13-14H,7-9,12,15-18H2,1-6H3. The molecule has 0 saturated carbocycles. The molecule has 0 nitrogen and oxygen atoms in total. The zero-order valence-electron chi connectivity index (χ0n) is 14.9. The highest BCUT2D eigenvalue weighted by molar-refractivity contribution is 4.98. The van der Waals surface area contributed by atoms with Crippen LogP contribution >= 0.6 is 0 Å². The highest BCUT2D eigenvalue weighted by Gasteiger charge is 2.15. The van der Waals surface area contributed by atoms with Gasteiger partial charge in [0.2, 0.25) is 0 Å². The average Bonchev–Trinajstić information content (AvgIpc) is 2.33. The molecule has 0 atom stereocenters. The molecule has 0 aromatic heterocycles. The fraction of sp³-hybridized carbons (Fsp3) is 0.800. The first-order valence-corrected chi connectivity index (χ1v) is 8.56. The van der Waals surface area contributed by atoms with E-state index in [0.717, 1.165) is 12.8 Å². The third-order valence-electron chi connectivity index (χ3n) is 4.04. The van der Waals surface area contributed by atoms with Crippen LogP contribution in [0.15, 0.2) is 18.2 Å². The van der Waals surface area contributed by atoms with Gasteiger partial charge in [0, 0.05) is 0 Å². The maximum Gasteiger partial charge on any atom is -0.0230 e. The molecule has 1 radical (unpaired) electrons. The molecular weight excluding hydrogens is 240 g/mol. The minimum Gasteiger partial charge on any atom is -0.0834 e. The van der Waals surface area contributed by atoms with Gasteiger partial charge in [0.25, 0.3) is 0 Å². The van der Waals surface area contributed by atoms with E-state index in [-0.39, 0.29) is 0 Å². The first-order valence-electron chi connectivity index (χ1n) is 8.56. The minimum absolute atomic E-state index is 0.428. The highest BCUT2D eigenvalue weighted by Crippen LogP contribution is 2.28. The van der Waals surface area contributed by atoms with E-state index in [1.807, 2.05) is 0 Å². The van der Waals surface area contributed by atoms with Crippen molar-refractivity contribution in [2.24, 2.45) is 10.8 Å². The highest BCUT2D eigenvalue weighted by atomic mass is 14.2. The molecule has 0 unspecified atom stereocenters. The van der Waals surface area contributed by atoms with Gasteiger partial charge in [-0.3, -0.25) is 0 Å². The van der Waals surface area contributed by atoms with E-state index < -0.39 is 0 Å². The van der Waals surface area contributed by atoms with Crippen LogP contribution in [0.4, 0.5) is 0 Å². The molecule has 0 aromatic carbocycles. The van der Waals surface area contributed by atoms with Gasteiger partial charge in [-0.2, -0.15) is 0 Å². The molecule has 0 fully saturated rings. The average molecular weight is 278 g/mol. The van der Waals surface area contributed by atoms with Crippen molar-refractivity contribution in [1.29, 1.82) is 0 Å². The molecule has 117 valence electrons. The third kappa shape index (κ3) is 11.3. The summed E-state index contributed by atoms with van der Waals surface area (Å²) in [7, 11) is 0. The monoisotopic (exact) mass is 277 g/mol. The summed E-state index contributed by atoms with van der Waals surface area (Å²) in [6.07, 6.45) is 20.2. The van der Waals surface area contributed by atoms with Gasteiger partial charge >= 0.3 is 0 Å². The molecule has 0 aromatic rings. The van der Waals surface area contributed by atoms with Crippen LogP contribution < -0.4 is 0 Å². The van der Waals surface area contributed by atoms with Gasteiger partial charge in [0.1, 0.15) is 0 Å². The molecule has 0 N–H and O–H groups in total. The van der Waals surface area contributed by atoms with E-state index in [9.17, 15) is 0 Å². The summed E-state index contributed by atoms with van der Waals surface area (Å²) in [5.41, 5.74) is 0.865. The number of rotatable bonds is 11. The van der Waals surface area contributed by atoms with Gasteiger partial charge in [-0.1, -0.05) is 85.5 Å². The smallest absolute Gasteiger partial charge is 0.0230 e. The second-order valence-electron chi connectivity index (χ2n) is 7.72. The zero-order chi connectivity index (χ0) is 15.5. The summed E-state index contributed by atoms with van der Waals surface area (Å²) >= 11 is 0. The van der Waals surface area contributed by atoms with Gasteiger partial charge in [0.05, 0.1) is 0 Å². The Bertz CT molecular complexity index is 278. The molecule has 0 heteroatoms. The molecule has 0 rings (SSSR count).